The molecule has 1 aliphatic heterocycles. The summed E-state index contributed by atoms with van der Waals surface area (Å²) in [5, 5.41) is 3.63. The van der Waals surface area contributed by atoms with Crippen LogP contribution in [0.15, 0.2) is 45.3 Å². The zero-order chi connectivity index (χ0) is 17.1. The van der Waals surface area contributed by atoms with Gasteiger partial charge in [0, 0.05) is 22.0 Å². The first-order valence-electron chi connectivity index (χ1n) is 8.13. The van der Waals surface area contributed by atoms with Crippen molar-refractivity contribution in [3.05, 3.63) is 62.0 Å². The Kier molecular flexibility index (Phi) is 5.98. The fraction of sp³-hybridized carbons (Fsp3) is 0.368. The molecule has 0 saturated carbocycles. The Morgan fingerprint density at radius 1 is 1.12 bits per heavy atom. The molecule has 3 nitrogen and oxygen atoms in total. The normalized spacial score (nSPS) is 17.0. The monoisotopic (exact) mass is 452 g/mol. The van der Waals surface area contributed by atoms with Crippen LogP contribution in [0.4, 0.5) is 0 Å². The number of hydrogen-bond acceptors (Lipinski definition) is 3. The predicted octanol–water partition coefficient (Wildman–Crippen LogP) is 4.39. The van der Waals surface area contributed by atoms with Gasteiger partial charge < -0.3 is 15.0 Å². The lowest BCUT2D eigenvalue weighted by atomic mass is 9.90. The molecule has 0 bridgehead atoms. The van der Waals surface area contributed by atoms with E-state index in [-0.39, 0.29) is 6.04 Å². The summed E-state index contributed by atoms with van der Waals surface area (Å²) in [7, 11) is 4.12. The standard InChI is InChI=1S/C19H22Br2N2O/c1-23(2)9-10-24-15-4-5-16-13(11-15)7-8-22-19(16)14-3-6-17(20)18(21)12-14/h3-6,11-12,19,22H,7-10H2,1-2H3. The van der Waals surface area contributed by atoms with Crippen LogP contribution in [0, 0.1) is 0 Å². The molecule has 1 N–H and O–H groups in total. The fourth-order valence-corrected chi connectivity index (χ4v) is 3.61. The Labute approximate surface area is 160 Å². The van der Waals surface area contributed by atoms with E-state index in [1.165, 1.54) is 16.7 Å². The van der Waals surface area contributed by atoms with Crippen molar-refractivity contribution in [1.29, 1.82) is 0 Å². The Bertz CT molecular complexity index is 719. The van der Waals surface area contributed by atoms with E-state index in [0.29, 0.717) is 6.61 Å². The lowest BCUT2D eigenvalue weighted by Gasteiger charge is -2.28. The summed E-state index contributed by atoms with van der Waals surface area (Å²) in [6, 6.07) is 13.2. The molecule has 2 aromatic carbocycles. The average molecular weight is 454 g/mol. The summed E-state index contributed by atoms with van der Waals surface area (Å²) < 4.78 is 8.04. The quantitative estimate of drug-likeness (QED) is 0.726. The molecular weight excluding hydrogens is 432 g/mol. The molecular formula is C19H22Br2N2O. The van der Waals surface area contributed by atoms with Gasteiger partial charge in [-0.3, -0.25) is 0 Å². The van der Waals surface area contributed by atoms with E-state index in [0.717, 1.165) is 34.2 Å². The van der Waals surface area contributed by atoms with Gasteiger partial charge in [-0.15, -0.1) is 0 Å². The first kappa shape index (κ1) is 17.9. The third-order valence-electron chi connectivity index (χ3n) is 4.25. The summed E-state index contributed by atoms with van der Waals surface area (Å²) in [5.74, 6) is 0.966. The summed E-state index contributed by atoms with van der Waals surface area (Å²) >= 11 is 7.15. The maximum Gasteiger partial charge on any atom is 0.119 e. The molecule has 0 aromatic heterocycles. The minimum absolute atomic E-state index is 0.231. The van der Waals surface area contributed by atoms with E-state index in [4.69, 9.17) is 4.74 Å². The van der Waals surface area contributed by atoms with Gasteiger partial charge in [-0.05, 0) is 93.3 Å². The van der Waals surface area contributed by atoms with Crippen molar-refractivity contribution in [3.8, 4) is 5.75 Å². The first-order chi connectivity index (χ1) is 11.5. The average Bonchev–Trinajstić information content (AvgIpc) is 2.56. The molecule has 1 aliphatic rings. The highest BCUT2D eigenvalue weighted by atomic mass is 79.9. The predicted molar refractivity (Wildman–Crippen MR) is 106 cm³/mol. The number of fused-ring (bicyclic) bond motifs is 1. The summed E-state index contributed by atoms with van der Waals surface area (Å²) in [5.41, 5.74) is 3.99. The van der Waals surface area contributed by atoms with Gasteiger partial charge in [-0.2, -0.15) is 0 Å². The van der Waals surface area contributed by atoms with Gasteiger partial charge in [0.05, 0.1) is 6.04 Å². The first-order valence-corrected chi connectivity index (χ1v) is 9.72. The van der Waals surface area contributed by atoms with Crippen LogP contribution in [-0.2, 0) is 6.42 Å². The molecule has 2 aromatic rings. The third-order valence-corrected chi connectivity index (χ3v) is 6.13. The second-order valence-corrected chi connectivity index (χ2v) is 8.03. The van der Waals surface area contributed by atoms with Gasteiger partial charge >= 0.3 is 0 Å². The van der Waals surface area contributed by atoms with E-state index >= 15 is 0 Å². The molecule has 24 heavy (non-hydrogen) atoms. The molecule has 0 amide bonds. The maximum atomic E-state index is 5.88. The number of hydrogen-bond donors (Lipinski definition) is 1. The van der Waals surface area contributed by atoms with Crippen LogP contribution >= 0.6 is 31.9 Å². The molecule has 0 saturated heterocycles. The Morgan fingerprint density at radius 3 is 2.71 bits per heavy atom. The highest BCUT2D eigenvalue weighted by molar-refractivity contribution is 9.13. The number of ether oxygens (including phenoxy) is 1. The van der Waals surface area contributed by atoms with Crippen LogP contribution in [-0.4, -0.2) is 38.7 Å². The van der Waals surface area contributed by atoms with E-state index in [1.54, 1.807) is 0 Å². The topological polar surface area (TPSA) is 24.5 Å². The number of rotatable bonds is 5. The minimum atomic E-state index is 0.231. The van der Waals surface area contributed by atoms with Gasteiger partial charge in [-0.25, -0.2) is 0 Å². The second kappa shape index (κ2) is 8.00. The van der Waals surface area contributed by atoms with Crippen LogP contribution in [0.5, 0.6) is 5.75 Å². The fourth-order valence-electron chi connectivity index (χ4n) is 2.97. The number of likely N-dealkylation sites (N-methyl/N-ethyl adjacent to an activating group) is 1. The van der Waals surface area contributed by atoms with E-state index in [1.807, 2.05) is 0 Å². The van der Waals surface area contributed by atoms with Gasteiger partial charge in [0.15, 0.2) is 0 Å². The number of benzene rings is 2. The third kappa shape index (κ3) is 4.20. The van der Waals surface area contributed by atoms with Crippen molar-refractivity contribution in [1.82, 2.24) is 10.2 Å². The van der Waals surface area contributed by atoms with E-state index in [2.05, 4.69) is 92.6 Å². The molecule has 1 atom stereocenters. The van der Waals surface area contributed by atoms with Crippen molar-refractivity contribution < 1.29 is 4.74 Å². The molecule has 5 heteroatoms. The van der Waals surface area contributed by atoms with Gasteiger partial charge in [0.1, 0.15) is 12.4 Å². The number of nitrogens with one attached hydrogen (secondary N) is 1. The van der Waals surface area contributed by atoms with Crippen molar-refractivity contribution in [3.63, 3.8) is 0 Å². The van der Waals surface area contributed by atoms with Crippen LogP contribution in [0.3, 0.4) is 0 Å². The molecule has 0 aliphatic carbocycles. The number of halogens is 2. The van der Waals surface area contributed by atoms with Crippen molar-refractivity contribution in [2.75, 3.05) is 33.8 Å². The van der Waals surface area contributed by atoms with Crippen LogP contribution in [0.25, 0.3) is 0 Å². The SMILES string of the molecule is CN(C)CCOc1ccc2c(c1)CCNC2c1ccc(Br)c(Br)c1. The molecule has 1 heterocycles. The Morgan fingerprint density at radius 2 is 1.96 bits per heavy atom. The molecule has 0 fully saturated rings. The largest absolute Gasteiger partial charge is 0.492 e. The summed E-state index contributed by atoms with van der Waals surface area (Å²) in [6.07, 6.45) is 1.04. The second-order valence-electron chi connectivity index (χ2n) is 6.32. The van der Waals surface area contributed by atoms with Crippen LogP contribution in [0.2, 0.25) is 0 Å². The minimum Gasteiger partial charge on any atom is -0.492 e. The molecule has 0 radical (unpaired) electrons. The zero-order valence-electron chi connectivity index (χ0n) is 14.0. The molecule has 0 spiro atoms. The van der Waals surface area contributed by atoms with Crippen LogP contribution in [0.1, 0.15) is 22.7 Å². The van der Waals surface area contributed by atoms with Crippen LogP contribution < -0.4 is 10.1 Å². The highest BCUT2D eigenvalue weighted by Gasteiger charge is 2.22. The summed E-state index contributed by atoms with van der Waals surface area (Å²) in [6.45, 7) is 2.62. The molecule has 1 unspecified atom stereocenters. The van der Waals surface area contributed by atoms with E-state index in [9.17, 15) is 0 Å². The van der Waals surface area contributed by atoms with Gasteiger partial charge in [0.25, 0.3) is 0 Å². The van der Waals surface area contributed by atoms with E-state index < -0.39 is 0 Å². The summed E-state index contributed by atoms with van der Waals surface area (Å²) in [4.78, 5) is 2.13. The van der Waals surface area contributed by atoms with Crippen molar-refractivity contribution in [2.24, 2.45) is 0 Å². The van der Waals surface area contributed by atoms with Gasteiger partial charge in [-0.1, -0.05) is 12.1 Å². The van der Waals surface area contributed by atoms with Crippen molar-refractivity contribution in [2.45, 2.75) is 12.5 Å². The van der Waals surface area contributed by atoms with Crippen molar-refractivity contribution >= 4 is 31.9 Å². The maximum absolute atomic E-state index is 5.88. The molecule has 3 rings (SSSR count). The van der Waals surface area contributed by atoms with Gasteiger partial charge in [0.2, 0.25) is 0 Å². The zero-order valence-corrected chi connectivity index (χ0v) is 17.2. The highest BCUT2D eigenvalue weighted by Crippen LogP contribution is 2.34. The smallest absolute Gasteiger partial charge is 0.119 e. The Hall–Kier alpha value is -0.880. The molecule has 128 valence electrons. The lowest BCUT2D eigenvalue weighted by molar-refractivity contribution is 0.261. The lowest BCUT2D eigenvalue weighted by Crippen LogP contribution is -2.30. The number of nitrogens with zero attached hydrogens (tertiary/aromatic N) is 1. The Balaban J connectivity index is 1.81.